The van der Waals surface area contributed by atoms with Gasteiger partial charge in [0.2, 0.25) is 0 Å². The summed E-state index contributed by atoms with van der Waals surface area (Å²) in [6.07, 6.45) is 5.94. The molecule has 4 rings (SSSR count). The third kappa shape index (κ3) is 6.19. The molecule has 172 valence electrons. The van der Waals surface area contributed by atoms with Crippen molar-refractivity contribution >= 4 is 34.9 Å². The average molecular weight is 468 g/mol. The number of benzene rings is 1. The zero-order chi connectivity index (χ0) is 21.6. The molecule has 0 unspecified atom stereocenters. The summed E-state index contributed by atoms with van der Waals surface area (Å²) < 4.78 is 0. The summed E-state index contributed by atoms with van der Waals surface area (Å²) in [5.41, 5.74) is 1.05. The van der Waals surface area contributed by atoms with E-state index in [1.165, 1.54) is 25.8 Å². The molecule has 1 saturated carbocycles. The lowest BCUT2D eigenvalue weighted by Gasteiger charge is -2.38. The minimum Gasteiger partial charge on any atom is -0.368 e. The quantitative estimate of drug-likeness (QED) is 0.693. The molecule has 2 heterocycles. The van der Waals surface area contributed by atoms with Crippen LogP contribution in [-0.4, -0.2) is 80.8 Å². The SMILES string of the molecule is O=C(N[C@H]1CC[C@H](CCN2CCN(c3cccc(Cl)c3Cl)CC2)CC1)N1CCNCC1. The van der Waals surface area contributed by atoms with Crippen LogP contribution < -0.4 is 15.5 Å². The third-order valence-corrected chi connectivity index (χ3v) is 7.89. The maximum absolute atomic E-state index is 12.4. The highest BCUT2D eigenvalue weighted by atomic mass is 35.5. The number of nitrogens with zero attached hydrogens (tertiary/aromatic N) is 3. The fraction of sp³-hybridized carbons (Fsp3) is 0.696. The summed E-state index contributed by atoms with van der Waals surface area (Å²) in [6, 6.07) is 6.35. The smallest absolute Gasteiger partial charge is 0.317 e. The number of carbonyl (C=O) groups is 1. The zero-order valence-corrected chi connectivity index (χ0v) is 19.8. The van der Waals surface area contributed by atoms with Crippen LogP contribution in [0.25, 0.3) is 0 Å². The highest BCUT2D eigenvalue weighted by Crippen LogP contribution is 2.33. The van der Waals surface area contributed by atoms with Gasteiger partial charge in [-0.3, -0.25) is 4.90 Å². The standard InChI is InChI=1S/C23H35Cl2N5O/c24-20-2-1-3-21(22(20)25)29-16-14-28(15-17-29)11-8-18-4-6-19(7-5-18)27-23(31)30-12-9-26-10-13-30/h1-3,18-19,26H,4-17H2,(H,27,31)/t18-,19-. The minimum atomic E-state index is 0.127. The van der Waals surface area contributed by atoms with E-state index in [4.69, 9.17) is 23.2 Å². The molecule has 2 amide bonds. The monoisotopic (exact) mass is 467 g/mol. The van der Waals surface area contributed by atoms with Gasteiger partial charge in [0.1, 0.15) is 0 Å². The second-order valence-corrected chi connectivity index (χ2v) is 9.88. The van der Waals surface area contributed by atoms with Gasteiger partial charge in [-0.15, -0.1) is 0 Å². The Morgan fingerprint density at radius 1 is 1.00 bits per heavy atom. The summed E-state index contributed by atoms with van der Waals surface area (Å²) in [6.45, 7) is 8.73. The molecule has 8 heteroatoms. The van der Waals surface area contributed by atoms with Crippen molar-refractivity contribution in [3.63, 3.8) is 0 Å². The molecular formula is C23H35Cl2N5O. The number of amides is 2. The van der Waals surface area contributed by atoms with Gasteiger partial charge in [-0.05, 0) is 56.7 Å². The van der Waals surface area contributed by atoms with Gasteiger partial charge in [0.05, 0.1) is 15.7 Å². The lowest BCUT2D eigenvalue weighted by molar-refractivity contribution is 0.175. The van der Waals surface area contributed by atoms with Crippen LogP contribution in [0, 0.1) is 5.92 Å². The Labute approximate surface area is 196 Å². The number of rotatable bonds is 5. The van der Waals surface area contributed by atoms with Crippen LogP contribution in [-0.2, 0) is 0 Å². The Morgan fingerprint density at radius 3 is 2.42 bits per heavy atom. The first kappa shape index (κ1) is 23.0. The molecule has 2 aliphatic heterocycles. The molecule has 1 aromatic carbocycles. The van der Waals surface area contributed by atoms with Crippen LogP contribution >= 0.6 is 23.2 Å². The number of urea groups is 1. The highest BCUT2D eigenvalue weighted by Gasteiger charge is 2.26. The Bertz CT molecular complexity index is 727. The van der Waals surface area contributed by atoms with Crippen molar-refractivity contribution in [2.75, 3.05) is 63.8 Å². The van der Waals surface area contributed by atoms with E-state index in [-0.39, 0.29) is 6.03 Å². The summed E-state index contributed by atoms with van der Waals surface area (Å²) in [5, 5.41) is 7.85. The van der Waals surface area contributed by atoms with Crippen molar-refractivity contribution in [3.05, 3.63) is 28.2 Å². The van der Waals surface area contributed by atoms with E-state index in [0.29, 0.717) is 16.1 Å². The van der Waals surface area contributed by atoms with E-state index < -0.39 is 0 Å². The second-order valence-electron chi connectivity index (χ2n) is 9.09. The van der Waals surface area contributed by atoms with Crippen LogP contribution in [0.4, 0.5) is 10.5 Å². The fourth-order valence-corrected chi connectivity index (χ4v) is 5.46. The van der Waals surface area contributed by atoms with Crippen molar-refractivity contribution in [1.82, 2.24) is 20.4 Å². The third-order valence-electron chi connectivity index (χ3n) is 7.08. The Morgan fingerprint density at radius 2 is 1.71 bits per heavy atom. The van der Waals surface area contributed by atoms with Crippen molar-refractivity contribution in [3.8, 4) is 0 Å². The van der Waals surface area contributed by atoms with Gasteiger partial charge in [-0.1, -0.05) is 29.3 Å². The van der Waals surface area contributed by atoms with E-state index in [9.17, 15) is 4.79 Å². The van der Waals surface area contributed by atoms with E-state index >= 15 is 0 Å². The first-order valence-corrected chi connectivity index (χ1v) is 12.5. The normalized spacial score (nSPS) is 25.5. The number of carbonyl (C=O) groups excluding carboxylic acids is 1. The van der Waals surface area contributed by atoms with Crippen molar-refractivity contribution < 1.29 is 4.79 Å². The predicted octanol–water partition coefficient (Wildman–Crippen LogP) is 3.68. The van der Waals surface area contributed by atoms with Crippen LogP contribution in [0.2, 0.25) is 10.0 Å². The Hall–Kier alpha value is -1.21. The van der Waals surface area contributed by atoms with Crippen LogP contribution in [0.5, 0.6) is 0 Å². The first-order valence-electron chi connectivity index (χ1n) is 11.8. The zero-order valence-electron chi connectivity index (χ0n) is 18.3. The topological polar surface area (TPSA) is 50.9 Å². The summed E-state index contributed by atoms with van der Waals surface area (Å²) >= 11 is 12.6. The molecule has 0 spiro atoms. The molecule has 2 saturated heterocycles. The lowest BCUT2D eigenvalue weighted by atomic mass is 9.84. The molecule has 1 aromatic rings. The molecule has 6 nitrogen and oxygen atoms in total. The lowest BCUT2D eigenvalue weighted by Crippen LogP contribution is -2.52. The molecule has 3 aliphatic rings. The maximum atomic E-state index is 12.4. The van der Waals surface area contributed by atoms with Crippen LogP contribution in [0.1, 0.15) is 32.1 Å². The van der Waals surface area contributed by atoms with Crippen molar-refractivity contribution in [2.24, 2.45) is 5.92 Å². The molecule has 0 radical (unpaired) electrons. The van der Waals surface area contributed by atoms with Gasteiger partial charge in [0, 0.05) is 58.4 Å². The van der Waals surface area contributed by atoms with Crippen LogP contribution in [0.3, 0.4) is 0 Å². The fourth-order valence-electron chi connectivity index (χ4n) is 5.04. The van der Waals surface area contributed by atoms with E-state index in [2.05, 4.69) is 26.5 Å². The molecule has 0 atom stereocenters. The second kappa shape index (κ2) is 11.1. The number of anilines is 1. The Balaban J connectivity index is 1.13. The van der Waals surface area contributed by atoms with E-state index in [0.717, 1.165) is 76.8 Å². The molecular weight excluding hydrogens is 433 g/mol. The average Bonchev–Trinajstić information content (AvgIpc) is 2.81. The minimum absolute atomic E-state index is 0.127. The summed E-state index contributed by atoms with van der Waals surface area (Å²) in [4.78, 5) is 19.3. The molecule has 31 heavy (non-hydrogen) atoms. The molecule has 0 aromatic heterocycles. The Kier molecular flexibility index (Phi) is 8.21. The van der Waals surface area contributed by atoms with Gasteiger partial charge in [-0.2, -0.15) is 0 Å². The number of piperazine rings is 2. The number of halogens is 2. The summed E-state index contributed by atoms with van der Waals surface area (Å²) in [5.74, 6) is 0.785. The van der Waals surface area contributed by atoms with E-state index in [1.807, 2.05) is 17.0 Å². The number of hydrogen-bond donors (Lipinski definition) is 2. The van der Waals surface area contributed by atoms with Crippen LogP contribution in [0.15, 0.2) is 18.2 Å². The molecule has 3 fully saturated rings. The van der Waals surface area contributed by atoms with Gasteiger partial charge >= 0.3 is 6.03 Å². The molecule has 1 aliphatic carbocycles. The molecule has 0 bridgehead atoms. The van der Waals surface area contributed by atoms with Gasteiger partial charge < -0.3 is 20.4 Å². The maximum Gasteiger partial charge on any atom is 0.317 e. The van der Waals surface area contributed by atoms with Crippen molar-refractivity contribution in [1.29, 1.82) is 0 Å². The predicted molar refractivity (Wildman–Crippen MR) is 128 cm³/mol. The highest BCUT2D eigenvalue weighted by molar-refractivity contribution is 6.43. The van der Waals surface area contributed by atoms with Gasteiger partial charge in [0.15, 0.2) is 0 Å². The molecule has 2 N–H and O–H groups in total. The number of hydrogen-bond acceptors (Lipinski definition) is 4. The first-order chi connectivity index (χ1) is 15.1. The number of nitrogens with one attached hydrogen (secondary N) is 2. The van der Waals surface area contributed by atoms with Gasteiger partial charge in [-0.25, -0.2) is 4.79 Å². The largest absolute Gasteiger partial charge is 0.368 e. The van der Waals surface area contributed by atoms with E-state index in [1.54, 1.807) is 0 Å². The van der Waals surface area contributed by atoms with Gasteiger partial charge in [0.25, 0.3) is 0 Å². The summed E-state index contributed by atoms with van der Waals surface area (Å²) in [7, 11) is 0. The van der Waals surface area contributed by atoms with Crippen molar-refractivity contribution in [2.45, 2.75) is 38.1 Å².